The van der Waals surface area contributed by atoms with Crippen LogP contribution in [0.3, 0.4) is 0 Å². The Kier molecular flexibility index (Phi) is 8.16. The molecule has 0 saturated heterocycles. The van der Waals surface area contributed by atoms with Gasteiger partial charge in [0.1, 0.15) is 0 Å². The zero-order chi connectivity index (χ0) is 27.3. The number of amides is 1. The van der Waals surface area contributed by atoms with Crippen LogP contribution in [-0.4, -0.2) is 31.7 Å². The van der Waals surface area contributed by atoms with Crippen LogP contribution in [0.1, 0.15) is 35.6 Å². The van der Waals surface area contributed by atoms with Gasteiger partial charge in [-0.25, -0.2) is 0 Å². The summed E-state index contributed by atoms with van der Waals surface area (Å²) in [4.78, 5) is 24.3. The van der Waals surface area contributed by atoms with E-state index in [9.17, 15) is 22.8 Å². The summed E-state index contributed by atoms with van der Waals surface area (Å²) in [5.74, 6) is 0.130. The third-order valence-corrected chi connectivity index (χ3v) is 6.61. The Bertz CT molecular complexity index is 1420. The number of Topliss-reactive ketones (excluding diaryl/α,β-unsaturated/α-hetero) is 1. The first-order valence-electron chi connectivity index (χ1n) is 11.6. The Morgan fingerprint density at radius 3 is 2.32 bits per heavy atom. The van der Waals surface area contributed by atoms with Crippen LogP contribution in [0.2, 0.25) is 0 Å². The van der Waals surface area contributed by atoms with Gasteiger partial charge in [0.2, 0.25) is 5.91 Å². The molecule has 3 aromatic carbocycles. The molecule has 1 aromatic heterocycles. The molecule has 0 spiro atoms. The van der Waals surface area contributed by atoms with E-state index < -0.39 is 17.0 Å². The normalized spacial score (nSPS) is 12.1. The van der Waals surface area contributed by atoms with Crippen LogP contribution in [0.15, 0.2) is 84.0 Å². The van der Waals surface area contributed by atoms with Crippen molar-refractivity contribution in [2.75, 3.05) is 10.6 Å². The SMILES string of the molecule is CC(=O)c1ccc(NC(=O)C(C)Sc2nnc(CNc3cccc(C(F)(F)F)c3)n2-c2ccccc2)cc1. The van der Waals surface area contributed by atoms with Crippen LogP contribution >= 0.6 is 11.8 Å². The van der Waals surface area contributed by atoms with Gasteiger partial charge in [-0.1, -0.05) is 36.0 Å². The second-order valence-corrected chi connectivity index (χ2v) is 9.69. The highest BCUT2D eigenvalue weighted by atomic mass is 32.2. The summed E-state index contributed by atoms with van der Waals surface area (Å²) in [6.07, 6.45) is -4.45. The zero-order valence-electron chi connectivity index (χ0n) is 20.5. The number of hydrogen-bond donors (Lipinski definition) is 2. The van der Waals surface area contributed by atoms with E-state index in [1.165, 1.54) is 24.8 Å². The molecule has 4 aromatic rings. The van der Waals surface area contributed by atoms with Crippen molar-refractivity contribution in [3.63, 3.8) is 0 Å². The van der Waals surface area contributed by atoms with E-state index in [0.29, 0.717) is 27.9 Å². The topological polar surface area (TPSA) is 88.9 Å². The predicted molar refractivity (Wildman–Crippen MR) is 141 cm³/mol. The smallest absolute Gasteiger partial charge is 0.378 e. The molecule has 196 valence electrons. The van der Waals surface area contributed by atoms with E-state index in [1.807, 2.05) is 30.3 Å². The molecule has 0 aliphatic carbocycles. The molecule has 0 saturated carbocycles. The van der Waals surface area contributed by atoms with Gasteiger partial charge in [0.05, 0.1) is 17.4 Å². The fourth-order valence-electron chi connectivity index (χ4n) is 3.56. The minimum atomic E-state index is -4.45. The molecule has 0 aliphatic rings. The van der Waals surface area contributed by atoms with Gasteiger partial charge in [0.15, 0.2) is 16.8 Å². The molecule has 1 atom stereocenters. The van der Waals surface area contributed by atoms with Gasteiger partial charge in [-0.15, -0.1) is 10.2 Å². The number of nitrogens with zero attached hydrogens (tertiary/aromatic N) is 3. The van der Waals surface area contributed by atoms with Crippen LogP contribution in [0.5, 0.6) is 0 Å². The zero-order valence-corrected chi connectivity index (χ0v) is 21.3. The number of carbonyl (C=O) groups excluding carboxylic acids is 2. The van der Waals surface area contributed by atoms with Crippen molar-refractivity contribution >= 4 is 34.8 Å². The quantitative estimate of drug-likeness (QED) is 0.194. The average Bonchev–Trinajstić information content (AvgIpc) is 3.30. The van der Waals surface area contributed by atoms with Gasteiger partial charge in [-0.3, -0.25) is 14.2 Å². The standard InChI is InChI=1S/C27H24F3N5O2S/c1-17(36)19-11-13-21(14-12-19)32-25(37)18(2)38-26-34-33-24(35(26)23-9-4-3-5-10-23)16-31-22-8-6-7-20(15-22)27(28,29)30/h3-15,18,31H,16H2,1-2H3,(H,32,37). The Morgan fingerprint density at radius 2 is 1.66 bits per heavy atom. The second-order valence-electron chi connectivity index (χ2n) is 8.38. The van der Waals surface area contributed by atoms with Crippen molar-refractivity contribution in [1.82, 2.24) is 14.8 Å². The number of halogens is 3. The average molecular weight is 540 g/mol. The third-order valence-electron chi connectivity index (χ3n) is 5.57. The molecule has 1 unspecified atom stereocenters. The Balaban J connectivity index is 1.51. The van der Waals surface area contributed by atoms with Gasteiger partial charge < -0.3 is 10.6 Å². The van der Waals surface area contributed by atoms with Crippen LogP contribution in [0, 0.1) is 0 Å². The van der Waals surface area contributed by atoms with Gasteiger partial charge >= 0.3 is 6.18 Å². The number of carbonyl (C=O) groups is 2. The fourth-order valence-corrected chi connectivity index (χ4v) is 4.44. The van der Waals surface area contributed by atoms with Crippen molar-refractivity contribution in [3.05, 3.63) is 95.8 Å². The molecule has 7 nitrogen and oxygen atoms in total. The van der Waals surface area contributed by atoms with E-state index in [2.05, 4.69) is 20.8 Å². The predicted octanol–water partition coefficient (Wildman–Crippen LogP) is 6.22. The van der Waals surface area contributed by atoms with Crippen molar-refractivity contribution < 1.29 is 22.8 Å². The maximum absolute atomic E-state index is 13.1. The van der Waals surface area contributed by atoms with Crippen molar-refractivity contribution in [2.45, 2.75) is 37.0 Å². The highest BCUT2D eigenvalue weighted by molar-refractivity contribution is 8.00. The number of nitrogens with one attached hydrogen (secondary N) is 2. The molecule has 1 heterocycles. The van der Waals surface area contributed by atoms with Crippen LogP contribution in [-0.2, 0) is 17.5 Å². The van der Waals surface area contributed by atoms with E-state index >= 15 is 0 Å². The summed E-state index contributed by atoms with van der Waals surface area (Å²) in [6.45, 7) is 3.31. The molecular formula is C27H24F3N5O2S. The maximum atomic E-state index is 13.1. The molecule has 38 heavy (non-hydrogen) atoms. The number of alkyl halides is 3. The van der Waals surface area contributed by atoms with E-state index in [1.54, 1.807) is 41.8 Å². The number of aromatic nitrogens is 3. The van der Waals surface area contributed by atoms with E-state index in [-0.39, 0.29) is 18.2 Å². The lowest BCUT2D eigenvalue weighted by Crippen LogP contribution is -2.23. The first-order chi connectivity index (χ1) is 18.1. The van der Waals surface area contributed by atoms with Crippen LogP contribution in [0.4, 0.5) is 24.5 Å². The number of ketones is 1. The molecule has 1 amide bonds. The minimum Gasteiger partial charge on any atom is -0.378 e. The van der Waals surface area contributed by atoms with Crippen LogP contribution in [0.25, 0.3) is 5.69 Å². The lowest BCUT2D eigenvalue weighted by Gasteiger charge is -2.15. The van der Waals surface area contributed by atoms with Crippen molar-refractivity contribution in [1.29, 1.82) is 0 Å². The van der Waals surface area contributed by atoms with E-state index in [0.717, 1.165) is 17.8 Å². The lowest BCUT2D eigenvalue weighted by atomic mass is 10.1. The molecule has 0 fully saturated rings. The van der Waals surface area contributed by atoms with Crippen molar-refractivity contribution in [2.24, 2.45) is 0 Å². The highest BCUT2D eigenvalue weighted by Crippen LogP contribution is 2.31. The Morgan fingerprint density at radius 1 is 0.947 bits per heavy atom. The Hall–Kier alpha value is -4.12. The third kappa shape index (κ3) is 6.60. The molecule has 0 aliphatic heterocycles. The summed E-state index contributed by atoms with van der Waals surface area (Å²) in [6, 6.07) is 20.8. The summed E-state index contributed by atoms with van der Waals surface area (Å²) < 4.78 is 41.0. The number of thioether (sulfide) groups is 1. The number of anilines is 2. The summed E-state index contributed by atoms with van der Waals surface area (Å²) in [7, 11) is 0. The van der Waals surface area contributed by atoms with Gasteiger partial charge in [-0.05, 0) is 68.4 Å². The first-order valence-corrected chi connectivity index (χ1v) is 12.5. The summed E-state index contributed by atoms with van der Waals surface area (Å²) >= 11 is 1.20. The molecule has 2 N–H and O–H groups in total. The van der Waals surface area contributed by atoms with Gasteiger partial charge in [-0.2, -0.15) is 13.2 Å². The first kappa shape index (κ1) is 26.9. The fraction of sp³-hybridized carbons (Fsp3) is 0.185. The van der Waals surface area contributed by atoms with E-state index in [4.69, 9.17) is 0 Å². The summed E-state index contributed by atoms with van der Waals surface area (Å²) in [5.41, 5.74) is 1.39. The molecular weight excluding hydrogens is 515 g/mol. The van der Waals surface area contributed by atoms with Gasteiger partial charge in [0, 0.05) is 22.6 Å². The van der Waals surface area contributed by atoms with Crippen molar-refractivity contribution in [3.8, 4) is 5.69 Å². The molecule has 0 radical (unpaired) electrons. The minimum absolute atomic E-state index is 0.0644. The largest absolute Gasteiger partial charge is 0.416 e. The second kappa shape index (κ2) is 11.5. The maximum Gasteiger partial charge on any atom is 0.416 e. The summed E-state index contributed by atoms with van der Waals surface area (Å²) in [5, 5.41) is 14.2. The lowest BCUT2D eigenvalue weighted by molar-refractivity contribution is -0.137. The Labute approximate surface area is 221 Å². The number of rotatable bonds is 9. The van der Waals surface area contributed by atoms with Crippen LogP contribution < -0.4 is 10.6 Å². The molecule has 4 rings (SSSR count). The monoisotopic (exact) mass is 539 g/mol. The number of para-hydroxylation sites is 1. The highest BCUT2D eigenvalue weighted by Gasteiger charge is 2.30. The molecule has 11 heteroatoms. The molecule has 0 bridgehead atoms. The van der Waals surface area contributed by atoms with Gasteiger partial charge in [0.25, 0.3) is 0 Å². The number of hydrogen-bond acceptors (Lipinski definition) is 6. The number of benzene rings is 3.